The van der Waals surface area contributed by atoms with Crippen LogP contribution >= 0.6 is 0 Å². The summed E-state index contributed by atoms with van der Waals surface area (Å²) in [4.78, 5) is 26.3. The molecular formula is C17H23N5O2. The molecule has 24 heavy (non-hydrogen) atoms. The van der Waals surface area contributed by atoms with Gasteiger partial charge in [0.15, 0.2) is 0 Å². The second kappa shape index (κ2) is 6.98. The third kappa shape index (κ3) is 3.39. The van der Waals surface area contributed by atoms with Crippen molar-refractivity contribution in [2.45, 2.75) is 45.7 Å². The average molecular weight is 329 g/mol. The van der Waals surface area contributed by atoms with Gasteiger partial charge in [-0.1, -0.05) is 6.92 Å². The highest BCUT2D eigenvalue weighted by Crippen LogP contribution is 2.22. The van der Waals surface area contributed by atoms with Gasteiger partial charge in [-0.15, -0.1) is 0 Å². The topological polar surface area (TPSA) is 73.0 Å². The summed E-state index contributed by atoms with van der Waals surface area (Å²) in [5, 5.41) is 8.60. The van der Waals surface area contributed by atoms with Crippen molar-refractivity contribution < 1.29 is 4.79 Å². The monoisotopic (exact) mass is 329 g/mol. The van der Waals surface area contributed by atoms with Gasteiger partial charge in [-0.25, -0.2) is 4.68 Å². The fraction of sp³-hybridized carbons (Fsp3) is 0.529. The van der Waals surface area contributed by atoms with Crippen molar-refractivity contribution in [3.8, 4) is 0 Å². The summed E-state index contributed by atoms with van der Waals surface area (Å²) in [6.07, 6.45) is 6.59. The number of nitrogens with zero attached hydrogens (tertiary/aromatic N) is 5. The van der Waals surface area contributed by atoms with Gasteiger partial charge in [0.25, 0.3) is 11.5 Å². The second-order valence-electron chi connectivity index (χ2n) is 6.32. The second-order valence-corrected chi connectivity index (χ2v) is 6.32. The number of hydrogen-bond acceptors (Lipinski definition) is 4. The number of likely N-dealkylation sites (tertiary alicyclic amines) is 1. The van der Waals surface area contributed by atoms with Crippen LogP contribution in [-0.4, -0.2) is 43.5 Å². The predicted molar refractivity (Wildman–Crippen MR) is 89.9 cm³/mol. The maximum absolute atomic E-state index is 12.8. The highest BCUT2D eigenvalue weighted by atomic mass is 16.2. The van der Waals surface area contributed by atoms with Crippen LogP contribution in [0.25, 0.3) is 0 Å². The molecule has 1 saturated heterocycles. The van der Waals surface area contributed by atoms with Crippen molar-refractivity contribution in [2.24, 2.45) is 0 Å². The minimum Gasteiger partial charge on any atom is -0.335 e. The third-order valence-corrected chi connectivity index (χ3v) is 4.31. The normalized spacial score (nSPS) is 17.9. The van der Waals surface area contributed by atoms with Crippen molar-refractivity contribution in [3.63, 3.8) is 0 Å². The number of amides is 1. The van der Waals surface area contributed by atoms with Gasteiger partial charge in [0.2, 0.25) is 0 Å². The van der Waals surface area contributed by atoms with Crippen molar-refractivity contribution in [1.82, 2.24) is 24.5 Å². The Morgan fingerprint density at radius 2 is 2.21 bits per heavy atom. The molecular weight excluding hydrogens is 306 g/mol. The van der Waals surface area contributed by atoms with E-state index in [1.807, 2.05) is 35.8 Å². The van der Waals surface area contributed by atoms with Crippen molar-refractivity contribution in [2.75, 3.05) is 13.1 Å². The quantitative estimate of drug-likeness (QED) is 0.855. The molecule has 0 spiro atoms. The molecule has 0 N–H and O–H groups in total. The van der Waals surface area contributed by atoms with Gasteiger partial charge in [-0.2, -0.15) is 10.2 Å². The molecule has 1 atom stereocenters. The largest absolute Gasteiger partial charge is 0.335 e. The lowest BCUT2D eigenvalue weighted by Gasteiger charge is -2.32. The molecule has 0 bridgehead atoms. The molecule has 0 radical (unpaired) electrons. The Balaban J connectivity index is 1.77. The van der Waals surface area contributed by atoms with Crippen molar-refractivity contribution >= 4 is 5.91 Å². The molecule has 1 amide bonds. The molecule has 1 aliphatic rings. The van der Waals surface area contributed by atoms with Gasteiger partial charge in [0.05, 0.1) is 12.2 Å². The van der Waals surface area contributed by atoms with E-state index in [1.165, 1.54) is 16.8 Å². The fourth-order valence-corrected chi connectivity index (χ4v) is 3.08. The molecule has 2 aromatic rings. The number of hydrogen-bond donors (Lipinski definition) is 0. The zero-order valence-corrected chi connectivity index (χ0v) is 14.2. The van der Waals surface area contributed by atoms with Gasteiger partial charge in [-0.3, -0.25) is 14.3 Å². The van der Waals surface area contributed by atoms with Crippen molar-refractivity contribution in [1.29, 1.82) is 0 Å². The molecule has 7 heteroatoms. The van der Waals surface area contributed by atoms with E-state index >= 15 is 0 Å². The van der Waals surface area contributed by atoms with Crippen LogP contribution in [-0.2, 0) is 6.54 Å². The molecule has 0 unspecified atom stereocenters. The van der Waals surface area contributed by atoms with E-state index in [2.05, 4.69) is 10.2 Å². The maximum Gasteiger partial charge on any atom is 0.274 e. The summed E-state index contributed by atoms with van der Waals surface area (Å²) in [5.74, 6) is -0.117. The summed E-state index contributed by atoms with van der Waals surface area (Å²) in [5.41, 5.74) is 1.28. The summed E-state index contributed by atoms with van der Waals surface area (Å²) in [7, 11) is 0. The summed E-state index contributed by atoms with van der Waals surface area (Å²) in [6.45, 7) is 5.84. The number of aryl methyl sites for hydroxylation is 2. The van der Waals surface area contributed by atoms with Crippen LogP contribution in [0.15, 0.2) is 29.3 Å². The number of carbonyl (C=O) groups excluding carboxylic acids is 1. The highest BCUT2D eigenvalue weighted by Gasteiger charge is 2.27. The lowest BCUT2D eigenvalue weighted by atomic mass is 10.1. The number of carbonyl (C=O) groups is 1. The Hall–Kier alpha value is -2.44. The van der Waals surface area contributed by atoms with Gasteiger partial charge in [0, 0.05) is 31.9 Å². The lowest BCUT2D eigenvalue weighted by molar-refractivity contribution is 0.0664. The molecule has 0 aliphatic carbocycles. The van der Waals surface area contributed by atoms with E-state index in [0.29, 0.717) is 25.3 Å². The van der Waals surface area contributed by atoms with E-state index in [0.717, 1.165) is 24.8 Å². The third-order valence-electron chi connectivity index (χ3n) is 4.31. The van der Waals surface area contributed by atoms with Crippen LogP contribution in [0.2, 0.25) is 0 Å². The standard InChI is InChI=1S/C17H23N5O2/c1-3-8-21-16(23)7-6-15(19-21)17(24)20-9-4-5-14(12-20)22-11-13(2)10-18-22/h6-7,10-11,14H,3-5,8-9,12H2,1-2H3/t14-/m1/s1. The van der Waals surface area contributed by atoms with Crippen molar-refractivity contribution in [3.05, 3.63) is 46.1 Å². The minimum absolute atomic E-state index is 0.117. The van der Waals surface area contributed by atoms with E-state index in [-0.39, 0.29) is 17.5 Å². The van der Waals surface area contributed by atoms with E-state index < -0.39 is 0 Å². The summed E-state index contributed by atoms with van der Waals surface area (Å²) < 4.78 is 3.31. The molecule has 1 fully saturated rings. The Kier molecular flexibility index (Phi) is 4.78. The Labute approximate surface area is 140 Å². The first kappa shape index (κ1) is 16.4. The molecule has 7 nitrogen and oxygen atoms in total. The smallest absolute Gasteiger partial charge is 0.274 e. The number of piperidine rings is 1. The van der Waals surface area contributed by atoms with Crippen LogP contribution in [0.5, 0.6) is 0 Å². The van der Waals surface area contributed by atoms with E-state index in [9.17, 15) is 9.59 Å². The average Bonchev–Trinajstić information content (AvgIpc) is 3.03. The number of rotatable bonds is 4. The van der Waals surface area contributed by atoms with Crippen LogP contribution in [0.3, 0.4) is 0 Å². The van der Waals surface area contributed by atoms with Crippen LogP contribution in [0, 0.1) is 6.92 Å². The highest BCUT2D eigenvalue weighted by molar-refractivity contribution is 5.92. The zero-order valence-electron chi connectivity index (χ0n) is 14.2. The minimum atomic E-state index is -0.170. The molecule has 0 aromatic carbocycles. The summed E-state index contributed by atoms with van der Waals surface area (Å²) in [6, 6.07) is 3.14. The molecule has 3 rings (SSSR count). The summed E-state index contributed by atoms with van der Waals surface area (Å²) >= 11 is 0. The zero-order chi connectivity index (χ0) is 17.1. The number of aromatic nitrogens is 4. The van der Waals surface area contributed by atoms with Gasteiger partial charge in [-0.05, 0) is 37.8 Å². The van der Waals surface area contributed by atoms with E-state index in [1.54, 1.807) is 0 Å². The Bertz CT molecular complexity index is 779. The van der Waals surface area contributed by atoms with Gasteiger partial charge < -0.3 is 4.90 Å². The maximum atomic E-state index is 12.8. The molecule has 2 aromatic heterocycles. The SMILES string of the molecule is CCCn1nc(C(=O)N2CCC[C@@H](n3cc(C)cn3)C2)ccc1=O. The first-order chi connectivity index (χ1) is 11.6. The molecule has 128 valence electrons. The van der Waals surface area contributed by atoms with Gasteiger partial charge in [0.1, 0.15) is 5.69 Å². The fourth-order valence-electron chi connectivity index (χ4n) is 3.08. The van der Waals surface area contributed by atoms with Gasteiger partial charge >= 0.3 is 0 Å². The predicted octanol–water partition coefficient (Wildman–Crippen LogP) is 1.64. The first-order valence-electron chi connectivity index (χ1n) is 8.46. The van der Waals surface area contributed by atoms with Crippen LogP contribution < -0.4 is 5.56 Å². The Morgan fingerprint density at radius 1 is 1.38 bits per heavy atom. The van der Waals surface area contributed by atoms with E-state index in [4.69, 9.17) is 0 Å². The molecule has 3 heterocycles. The first-order valence-corrected chi connectivity index (χ1v) is 8.46. The lowest BCUT2D eigenvalue weighted by Crippen LogP contribution is -2.41. The van der Waals surface area contributed by atoms with Crippen LogP contribution in [0.1, 0.15) is 48.3 Å². The molecule has 1 aliphatic heterocycles. The Morgan fingerprint density at radius 3 is 2.92 bits per heavy atom. The van der Waals surface area contributed by atoms with Crippen LogP contribution in [0.4, 0.5) is 0 Å². The molecule has 0 saturated carbocycles.